The number of halogens is 1. The van der Waals surface area contributed by atoms with Gasteiger partial charge in [-0.1, -0.05) is 0 Å². The van der Waals surface area contributed by atoms with E-state index in [4.69, 9.17) is 0 Å². The molecule has 1 N–H and O–H groups in total. The Bertz CT molecular complexity index is 696. The molecular weight excluding hydrogens is 330 g/mol. The lowest BCUT2D eigenvalue weighted by atomic mass is 10.2. The van der Waals surface area contributed by atoms with Gasteiger partial charge in [0.2, 0.25) is 0 Å². The maximum absolute atomic E-state index is 12.2. The zero-order valence-electron chi connectivity index (χ0n) is 10.4. The SMILES string of the molecule is Cc1cc(C)nc(NS(=O)(=O)c2cncc(Br)c2)c1. The molecule has 5 nitrogen and oxygen atoms in total. The molecule has 2 aromatic heterocycles. The Kier molecular flexibility index (Phi) is 3.86. The van der Waals surface area contributed by atoms with Crippen LogP contribution in [0.3, 0.4) is 0 Å². The van der Waals surface area contributed by atoms with Gasteiger partial charge in [0.15, 0.2) is 0 Å². The van der Waals surface area contributed by atoms with Crippen molar-refractivity contribution in [2.24, 2.45) is 0 Å². The van der Waals surface area contributed by atoms with E-state index in [1.54, 1.807) is 6.07 Å². The molecule has 0 spiro atoms. The summed E-state index contributed by atoms with van der Waals surface area (Å²) in [6, 6.07) is 5.03. The van der Waals surface area contributed by atoms with E-state index in [2.05, 4.69) is 30.6 Å². The van der Waals surface area contributed by atoms with Crippen molar-refractivity contribution in [2.75, 3.05) is 4.72 Å². The van der Waals surface area contributed by atoms with Crippen LogP contribution in [0.5, 0.6) is 0 Å². The Morgan fingerprint density at radius 1 is 1.16 bits per heavy atom. The van der Waals surface area contributed by atoms with E-state index in [1.165, 1.54) is 18.5 Å². The van der Waals surface area contributed by atoms with Gasteiger partial charge in [-0.05, 0) is 53.5 Å². The number of rotatable bonds is 3. The quantitative estimate of drug-likeness (QED) is 0.931. The van der Waals surface area contributed by atoms with E-state index in [9.17, 15) is 8.42 Å². The van der Waals surface area contributed by atoms with Crippen molar-refractivity contribution in [1.29, 1.82) is 0 Å². The molecule has 0 saturated heterocycles. The Morgan fingerprint density at radius 3 is 2.53 bits per heavy atom. The molecule has 0 fully saturated rings. The molecule has 0 aromatic carbocycles. The van der Waals surface area contributed by atoms with Crippen molar-refractivity contribution < 1.29 is 8.42 Å². The summed E-state index contributed by atoms with van der Waals surface area (Å²) in [7, 11) is -3.67. The minimum atomic E-state index is -3.67. The molecule has 0 atom stereocenters. The normalized spacial score (nSPS) is 11.3. The summed E-state index contributed by atoms with van der Waals surface area (Å²) >= 11 is 3.19. The fourth-order valence-corrected chi connectivity index (χ4v) is 3.13. The van der Waals surface area contributed by atoms with Crippen molar-refractivity contribution >= 4 is 31.8 Å². The molecule has 0 aliphatic heterocycles. The number of aryl methyl sites for hydroxylation is 2. The molecule has 19 heavy (non-hydrogen) atoms. The van der Waals surface area contributed by atoms with Crippen LogP contribution in [0.25, 0.3) is 0 Å². The monoisotopic (exact) mass is 341 g/mol. The highest BCUT2D eigenvalue weighted by molar-refractivity contribution is 9.10. The average Bonchev–Trinajstić information content (AvgIpc) is 2.26. The predicted octanol–water partition coefficient (Wildman–Crippen LogP) is 2.66. The van der Waals surface area contributed by atoms with Crippen molar-refractivity contribution in [3.8, 4) is 0 Å². The van der Waals surface area contributed by atoms with E-state index in [0.717, 1.165) is 11.3 Å². The number of hydrogen-bond acceptors (Lipinski definition) is 4. The Balaban J connectivity index is 2.36. The van der Waals surface area contributed by atoms with Crippen molar-refractivity contribution in [3.63, 3.8) is 0 Å². The van der Waals surface area contributed by atoms with Crippen LogP contribution in [-0.2, 0) is 10.0 Å². The minimum Gasteiger partial charge on any atom is -0.263 e. The number of hydrogen-bond donors (Lipinski definition) is 1. The first-order valence-corrected chi connectivity index (χ1v) is 7.73. The van der Waals surface area contributed by atoms with Gasteiger partial charge in [0, 0.05) is 22.6 Å². The van der Waals surface area contributed by atoms with Crippen LogP contribution in [-0.4, -0.2) is 18.4 Å². The highest BCUT2D eigenvalue weighted by Gasteiger charge is 2.16. The lowest BCUT2D eigenvalue weighted by Crippen LogP contribution is -2.14. The van der Waals surface area contributed by atoms with Gasteiger partial charge in [0.05, 0.1) is 0 Å². The first-order chi connectivity index (χ1) is 8.87. The molecule has 0 amide bonds. The summed E-state index contributed by atoms with van der Waals surface area (Å²) in [5.41, 5.74) is 1.70. The van der Waals surface area contributed by atoms with Gasteiger partial charge in [-0.25, -0.2) is 13.4 Å². The third-order valence-corrected chi connectivity index (χ3v) is 4.08. The summed E-state index contributed by atoms with van der Waals surface area (Å²) in [6.07, 6.45) is 2.81. The summed E-state index contributed by atoms with van der Waals surface area (Å²) in [5, 5.41) is 0. The number of sulfonamides is 1. The molecule has 0 unspecified atom stereocenters. The fraction of sp³-hybridized carbons (Fsp3) is 0.167. The van der Waals surface area contributed by atoms with Crippen LogP contribution >= 0.6 is 15.9 Å². The molecular formula is C12H12BrN3O2S. The third-order valence-electron chi connectivity index (χ3n) is 2.33. The zero-order valence-corrected chi connectivity index (χ0v) is 12.8. The van der Waals surface area contributed by atoms with Gasteiger partial charge >= 0.3 is 0 Å². The standard InChI is InChI=1S/C12H12BrN3O2S/c1-8-3-9(2)15-12(4-8)16-19(17,18)11-5-10(13)6-14-7-11/h3-7H,1-2H3,(H,15,16). The van der Waals surface area contributed by atoms with Crippen LogP contribution < -0.4 is 4.72 Å². The molecule has 0 aliphatic carbocycles. The van der Waals surface area contributed by atoms with Crippen LogP contribution in [0, 0.1) is 13.8 Å². The summed E-state index contributed by atoms with van der Waals surface area (Å²) < 4.78 is 27.4. The molecule has 2 heterocycles. The average molecular weight is 342 g/mol. The molecule has 2 aromatic rings. The number of pyridine rings is 2. The van der Waals surface area contributed by atoms with Gasteiger partial charge in [-0.15, -0.1) is 0 Å². The summed E-state index contributed by atoms with van der Waals surface area (Å²) in [6.45, 7) is 3.69. The van der Waals surface area contributed by atoms with Crippen LogP contribution in [0.1, 0.15) is 11.3 Å². The number of nitrogens with one attached hydrogen (secondary N) is 1. The van der Waals surface area contributed by atoms with Crippen molar-refractivity contribution in [3.05, 3.63) is 46.3 Å². The van der Waals surface area contributed by atoms with E-state index in [0.29, 0.717) is 10.3 Å². The molecule has 100 valence electrons. The first kappa shape index (κ1) is 14.0. The van der Waals surface area contributed by atoms with Crippen LogP contribution in [0.2, 0.25) is 0 Å². The second-order valence-electron chi connectivity index (χ2n) is 4.12. The minimum absolute atomic E-state index is 0.0860. The van der Waals surface area contributed by atoms with Crippen molar-refractivity contribution in [2.45, 2.75) is 18.7 Å². The number of nitrogens with zero attached hydrogens (tertiary/aromatic N) is 2. The maximum atomic E-state index is 12.2. The second kappa shape index (κ2) is 5.26. The van der Waals surface area contributed by atoms with E-state index in [-0.39, 0.29) is 4.90 Å². The van der Waals surface area contributed by atoms with E-state index in [1.807, 2.05) is 19.9 Å². The van der Waals surface area contributed by atoms with E-state index < -0.39 is 10.0 Å². The van der Waals surface area contributed by atoms with Gasteiger partial charge in [0.25, 0.3) is 10.0 Å². The highest BCUT2D eigenvalue weighted by Crippen LogP contribution is 2.18. The zero-order chi connectivity index (χ0) is 14.0. The van der Waals surface area contributed by atoms with Crippen LogP contribution in [0.15, 0.2) is 40.0 Å². The van der Waals surface area contributed by atoms with Crippen LogP contribution in [0.4, 0.5) is 5.82 Å². The first-order valence-electron chi connectivity index (χ1n) is 5.45. The molecule has 2 rings (SSSR count). The Hall–Kier alpha value is -1.47. The van der Waals surface area contributed by atoms with E-state index >= 15 is 0 Å². The smallest absolute Gasteiger partial charge is 0.263 e. The number of aromatic nitrogens is 2. The predicted molar refractivity (Wildman–Crippen MR) is 76.5 cm³/mol. The lowest BCUT2D eigenvalue weighted by Gasteiger charge is -2.08. The summed E-state index contributed by atoms with van der Waals surface area (Å²) in [5.74, 6) is 0.303. The molecule has 7 heteroatoms. The molecule has 0 saturated carbocycles. The molecule has 0 radical (unpaired) electrons. The Morgan fingerprint density at radius 2 is 1.89 bits per heavy atom. The summed E-state index contributed by atoms with van der Waals surface area (Å²) in [4.78, 5) is 8.07. The Labute approximate surface area is 120 Å². The topological polar surface area (TPSA) is 72.0 Å². The molecule has 0 bridgehead atoms. The third kappa shape index (κ3) is 3.51. The largest absolute Gasteiger partial charge is 0.264 e. The lowest BCUT2D eigenvalue weighted by molar-refractivity contribution is 0.600. The van der Waals surface area contributed by atoms with Gasteiger partial charge in [-0.3, -0.25) is 9.71 Å². The molecule has 0 aliphatic rings. The maximum Gasteiger partial charge on any atom is 0.264 e. The second-order valence-corrected chi connectivity index (χ2v) is 6.71. The van der Waals surface area contributed by atoms with Gasteiger partial charge < -0.3 is 0 Å². The van der Waals surface area contributed by atoms with Gasteiger partial charge in [0.1, 0.15) is 10.7 Å². The fourth-order valence-electron chi connectivity index (χ4n) is 1.63. The van der Waals surface area contributed by atoms with Gasteiger partial charge in [-0.2, -0.15) is 0 Å². The number of anilines is 1. The highest BCUT2D eigenvalue weighted by atomic mass is 79.9. The van der Waals surface area contributed by atoms with Crippen molar-refractivity contribution in [1.82, 2.24) is 9.97 Å².